The molecule has 1 aliphatic heterocycles. The van der Waals surface area contributed by atoms with Gasteiger partial charge in [0.25, 0.3) is 0 Å². The highest BCUT2D eigenvalue weighted by Gasteiger charge is 2.10. The Hall–Kier alpha value is -1.74. The lowest BCUT2D eigenvalue weighted by atomic mass is 10.1. The Labute approximate surface area is 101 Å². The standard InChI is InChI=1S/C14H17N3/c1-3-12(14-5-2-6-16-14)11-13(4-1)17-9-7-15-8-10-17/h1-6,11,15-16H,7-10H2. The summed E-state index contributed by atoms with van der Waals surface area (Å²) in [6.45, 7) is 4.34. The summed E-state index contributed by atoms with van der Waals surface area (Å²) in [5, 5.41) is 3.38. The van der Waals surface area contributed by atoms with Gasteiger partial charge in [-0.2, -0.15) is 0 Å². The van der Waals surface area contributed by atoms with Crippen LogP contribution in [0.25, 0.3) is 11.3 Å². The van der Waals surface area contributed by atoms with Crippen molar-refractivity contribution in [2.45, 2.75) is 0 Å². The normalized spacial score (nSPS) is 16.1. The van der Waals surface area contributed by atoms with Crippen LogP contribution in [-0.2, 0) is 0 Å². The average molecular weight is 227 g/mol. The molecule has 0 radical (unpaired) electrons. The van der Waals surface area contributed by atoms with E-state index in [2.05, 4.69) is 45.5 Å². The second-order valence-corrected chi connectivity index (χ2v) is 4.37. The molecule has 1 fully saturated rings. The fourth-order valence-corrected chi connectivity index (χ4v) is 2.30. The first kappa shape index (κ1) is 10.4. The molecule has 2 heterocycles. The van der Waals surface area contributed by atoms with Crippen molar-refractivity contribution in [1.29, 1.82) is 0 Å². The number of aromatic amines is 1. The lowest BCUT2D eigenvalue weighted by molar-refractivity contribution is 0.589. The number of hydrogen-bond acceptors (Lipinski definition) is 2. The maximum Gasteiger partial charge on any atom is 0.0454 e. The number of rotatable bonds is 2. The maximum atomic E-state index is 3.38. The van der Waals surface area contributed by atoms with Crippen LogP contribution in [0.15, 0.2) is 42.6 Å². The first-order valence-corrected chi connectivity index (χ1v) is 6.13. The van der Waals surface area contributed by atoms with Crippen molar-refractivity contribution in [3.8, 4) is 11.3 Å². The third-order valence-corrected chi connectivity index (χ3v) is 3.24. The summed E-state index contributed by atoms with van der Waals surface area (Å²) in [6.07, 6.45) is 1.97. The summed E-state index contributed by atoms with van der Waals surface area (Å²) in [4.78, 5) is 5.69. The predicted molar refractivity (Wildman–Crippen MR) is 71.3 cm³/mol. The molecule has 3 rings (SSSR count). The van der Waals surface area contributed by atoms with Crippen LogP contribution in [0.4, 0.5) is 5.69 Å². The highest BCUT2D eigenvalue weighted by Crippen LogP contribution is 2.23. The lowest BCUT2D eigenvalue weighted by Gasteiger charge is -2.29. The number of hydrogen-bond donors (Lipinski definition) is 2. The molecule has 0 aliphatic carbocycles. The summed E-state index contributed by atoms with van der Waals surface area (Å²) < 4.78 is 0. The average Bonchev–Trinajstić information content (AvgIpc) is 2.94. The molecule has 0 amide bonds. The maximum absolute atomic E-state index is 3.38. The van der Waals surface area contributed by atoms with E-state index in [0.29, 0.717) is 0 Å². The number of nitrogens with zero attached hydrogens (tertiary/aromatic N) is 1. The second-order valence-electron chi connectivity index (χ2n) is 4.37. The van der Waals surface area contributed by atoms with Crippen molar-refractivity contribution in [2.24, 2.45) is 0 Å². The number of nitrogens with one attached hydrogen (secondary N) is 2. The van der Waals surface area contributed by atoms with Gasteiger partial charge in [0, 0.05) is 43.8 Å². The van der Waals surface area contributed by atoms with Crippen LogP contribution in [0, 0.1) is 0 Å². The van der Waals surface area contributed by atoms with Crippen LogP contribution in [0.3, 0.4) is 0 Å². The molecule has 0 spiro atoms. The Kier molecular flexibility index (Phi) is 2.84. The van der Waals surface area contributed by atoms with E-state index in [1.807, 2.05) is 12.3 Å². The SMILES string of the molecule is c1cc(-c2ccc[nH]2)cc(N2CCNCC2)c1. The Morgan fingerprint density at radius 1 is 1.00 bits per heavy atom. The van der Waals surface area contributed by atoms with Gasteiger partial charge in [0.2, 0.25) is 0 Å². The van der Waals surface area contributed by atoms with Gasteiger partial charge in [0.1, 0.15) is 0 Å². The van der Waals surface area contributed by atoms with Crippen molar-refractivity contribution < 1.29 is 0 Å². The molecular weight excluding hydrogens is 210 g/mol. The Morgan fingerprint density at radius 3 is 2.65 bits per heavy atom. The third kappa shape index (κ3) is 2.19. The zero-order valence-corrected chi connectivity index (χ0v) is 9.82. The molecule has 17 heavy (non-hydrogen) atoms. The quantitative estimate of drug-likeness (QED) is 0.823. The van der Waals surface area contributed by atoms with Crippen LogP contribution in [-0.4, -0.2) is 31.2 Å². The number of aromatic nitrogens is 1. The van der Waals surface area contributed by atoms with Crippen LogP contribution >= 0.6 is 0 Å². The van der Waals surface area contributed by atoms with E-state index in [1.54, 1.807) is 0 Å². The van der Waals surface area contributed by atoms with Crippen LogP contribution in [0.5, 0.6) is 0 Å². The lowest BCUT2D eigenvalue weighted by Crippen LogP contribution is -2.43. The van der Waals surface area contributed by atoms with E-state index in [4.69, 9.17) is 0 Å². The van der Waals surface area contributed by atoms with Gasteiger partial charge in [0.05, 0.1) is 0 Å². The highest BCUT2D eigenvalue weighted by molar-refractivity contribution is 5.65. The first-order valence-electron chi connectivity index (χ1n) is 6.13. The van der Waals surface area contributed by atoms with Crippen molar-refractivity contribution in [1.82, 2.24) is 10.3 Å². The molecule has 2 N–H and O–H groups in total. The fourth-order valence-electron chi connectivity index (χ4n) is 2.30. The van der Waals surface area contributed by atoms with Crippen molar-refractivity contribution in [3.05, 3.63) is 42.6 Å². The van der Waals surface area contributed by atoms with E-state index in [1.165, 1.54) is 16.9 Å². The Bertz CT molecular complexity index is 470. The Morgan fingerprint density at radius 2 is 1.88 bits per heavy atom. The van der Waals surface area contributed by atoms with Crippen molar-refractivity contribution in [2.75, 3.05) is 31.1 Å². The molecule has 1 saturated heterocycles. The van der Waals surface area contributed by atoms with E-state index >= 15 is 0 Å². The smallest absolute Gasteiger partial charge is 0.0454 e. The van der Waals surface area contributed by atoms with Gasteiger partial charge in [-0.05, 0) is 29.8 Å². The molecule has 0 saturated carbocycles. The summed E-state index contributed by atoms with van der Waals surface area (Å²) in [7, 11) is 0. The zero-order valence-electron chi connectivity index (χ0n) is 9.82. The molecule has 0 bridgehead atoms. The molecule has 2 aromatic rings. The summed E-state index contributed by atoms with van der Waals surface area (Å²) in [5.74, 6) is 0. The topological polar surface area (TPSA) is 31.1 Å². The summed E-state index contributed by atoms with van der Waals surface area (Å²) >= 11 is 0. The van der Waals surface area contributed by atoms with Crippen LogP contribution in [0.2, 0.25) is 0 Å². The van der Waals surface area contributed by atoms with Gasteiger partial charge in [-0.1, -0.05) is 12.1 Å². The Balaban J connectivity index is 1.88. The largest absolute Gasteiger partial charge is 0.369 e. The molecular formula is C14H17N3. The molecule has 1 aliphatic rings. The van der Waals surface area contributed by atoms with Gasteiger partial charge in [-0.3, -0.25) is 0 Å². The second kappa shape index (κ2) is 4.63. The van der Waals surface area contributed by atoms with Gasteiger partial charge in [-0.25, -0.2) is 0 Å². The predicted octanol–water partition coefficient (Wildman–Crippen LogP) is 2.09. The van der Waals surface area contributed by atoms with Crippen molar-refractivity contribution in [3.63, 3.8) is 0 Å². The summed E-state index contributed by atoms with van der Waals surface area (Å²) in [5.41, 5.74) is 3.76. The number of piperazine rings is 1. The van der Waals surface area contributed by atoms with E-state index < -0.39 is 0 Å². The van der Waals surface area contributed by atoms with E-state index in [-0.39, 0.29) is 0 Å². The number of benzene rings is 1. The summed E-state index contributed by atoms with van der Waals surface area (Å²) in [6, 6.07) is 12.9. The molecule has 1 aromatic heterocycles. The number of anilines is 1. The molecule has 3 nitrogen and oxygen atoms in total. The van der Waals surface area contributed by atoms with Gasteiger partial charge in [-0.15, -0.1) is 0 Å². The molecule has 88 valence electrons. The molecule has 0 unspecified atom stereocenters. The van der Waals surface area contributed by atoms with E-state index in [0.717, 1.165) is 26.2 Å². The highest BCUT2D eigenvalue weighted by atomic mass is 15.2. The minimum absolute atomic E-state index is 1.08. The molecule has 1 aromatic carbocycles. The third-order valence-electron chi connectivity index (χ3n) is 3.24. The van der Waals surface area contributed by atoms with Gasteiger partial charge in [0.15, 0.2) is 0 Å². The van der Waals surface area contributed by atoms with Crippen LogP contribution in [0.1, 0.15) is 0 Å². The van der Waals surface area contributed by atoms with Crippen molar-refractivity contribution >= 4 is 5.69 Å². The van der Waals surface area contributed by atoms with E-state index in [9.17, 15) is 0 Å². The van der Waals surface area contributed by atoms with Gasteiger partial charge < -0.3 is 15.2 Å². The van der Waals surface area contributed by atoms with Crippen LogP contribution < -0.4 is 10.2 Å². The van der Waals surface area contributed by atoms with Gasteiger partial charge >= 0.3 is 0 Å². The molecule has 0 atom stereocenters. The monoisotopic (exact) mass is 227 g/mol. The minimum atomic E-state index is 1.08. The number of H-pyrrole nitrogens is 1. The molecule has 3 heteroatoms. The zero-order chi connectivity index (χ0) is 11.5. The first-order chi connectivity index (χ1) is 8.43. The minimum Gasteiger partial charge on any atom is -0.369 e. The fraction of sp³-hybridized carbons (Fsp3) is 0.286.